The lowest BCUT2D eigenvalue weighted by molar-refractivity contribution is -0.128. The normalized spacial score (nSPS) is 20.0. The van der Waals surface area contributed by atoms with Gasteiger partial charge in [-0.25, -0.2) is 0 Å². The Morgan fingerprint density at radius 3 is 2.97 bits per heavy atom. The first-order valence-electron chi connectivity index (χ1n) is 9.99. The Morgan fingerprint density at radius 2 is 2.13 bits per heavy atom. The number of fused-ring (bicyclic) bond motifs is 2. The Balaban J connectivity index is 1.50. The Labute approximate surface area is 173 Å². The molecule has 7 heteroatoms. The third-order valence-electron chi connectivity index (χ3n) is 6.21. The fourth-order valence-electron chi connectivity index (χ4n) is 4.82. The van der Waals surface area contributed by atoms with E-state index in [1.165, 1.54) is 5.56 Å². The van der Waals surface area contributed by atoms with Crippen LogP contribution in [-0.4, -0.2) is 45.8 Å². The standard InChI is InChI=1S/C23H20N4O3/c24-13-15-3-1-4-16(11-15)22-25-21(26-30-22)18-5-2-6-19-17(18)7-8-23(19)12-20(29)27(14-23)9-10-28/h1-6,11,28H,7-10,12,14H2/t23-/m1/s1. The minimum absolute atomic E-state index is 0.0205. The molecule has 1 atom stereocenters. The van der Waals surface area contributed by atoms with Crippen LogP contribution in [0.4, 0.5) is 0 Å². The number of likely N-dealkylation sites (tertiary alicyclic amines) is 1. The summed E-state index contributed by atoms with van der Waals surface area (Å²) in [5.41, 5.74) is 4.29. The van der Waals surface area contributed by atoms with E-state index in [4.69, 9.17) is 9.78 Å². The number of nitrogens with zero attached hydrogens (tertiary/aromatic N) is 4. The van der Waals surface area contributed by atoms with Crippen LogP contribution < -0.4 is 0 Å². The van der Waals surface area contributed by atoms with Crippen molar-refractivity contribution >= 4 is 5.91 Å². The maximum atomic E-state index is 12.5. The number of hydrogen-bond acceptors (Lipinski definition) is 6. The van der Waals surface area contributed by atoms with Crippen molar-refractivity contribution in [2.45, 2.75) is 24.7 Å². The van der Waals surface area contributed by atoms with Crippen LogP contribution in [0.25, 0.3) is 22.8 Å². The van der Waals surface area contributed by atoms with E-state index in [2.05, 4.69) is 22.3 Å². The molecule has 2 aromatic carbocycles. The number of benzene rings is 2. The second kappa shape index (κ2) is 7.08. The average molecular weight is 400 g/mol. The molecule has 0 bridgehead atoms. The van der Waals surface area contributed by atoms with Crippen molar-refractivity contribution in [3.05, 3.63) is 59.2 Å². The summed E-state index contributed by atoms with van der Waals surface area (Å²) in [6, 6.07) is 15.3. The van der Waals surface area contributed by atoms with Crippen LogP contribution in [0.15, 0.2) is 47.0 Å². The van der Waals surface area contributed by atoms with Crippen LogP contribution in [0.3, 0.4) is 0 Å². The number of carbonyl (C=O) groups excluding carboxylic acids is 1. The number of amides is 1. The van der Waals surface area contributed by atoms with Gasteiger partial charge in [-0.3, -0.25) is 4.79 Å². The molecule has 0 radical (unpaired) electrons. The number of rotatable bonds is 4. The van der Waals surface area contributed by atoms with Crippen molar-refractivity contribution < 1.29 is 14.4 Å². The van der Waals surface area contributed by atoms with Crippen LogP contribution in [0.2, 0.25) is 0 Å². The third kappa shape index (κ3) is 2.88. The van der Waals surface area contributed by atoms with E-state index in [1.807, 2.05) is 18.2 Å². The Kier molecular flexibility index (Phi) is 4.37. The average Bonchev–Trinajstić information content (AvgIpc) is 3.47. The monoisotopic (exact) mass is 400 g/mol. The van der Waals surface area contributed by atoms with E-state index in [0.717, 1.165) is 24.0 Å². The summed E-state index contributed by atoms with van der Waals surface area (Å²) in [5.74, 6) is 0.983. The molecule has 1 fully saturated rings. The summed E-state index contributed by atoms with van der Waals surface area (Å²) in [7, 11) is 0. The summed E-state index contributed by atoms with van der Waals surface area (Å²) in [6.07, 6.45) is 2.21. The van der Waals surface area contributed by atoms with Crippen LogP contribution >= 0.6 is 0 Å². The van der Waals surface area contributed by atoms with Crippen LogP contribution in [-0.2, 0) is 16.6 Å². The van der Waals surface area contributed by atoms with E-state index in [1.54, 1.807) is 23.1 Å². The molecule has 1 amide bonds. The number of aliphatic hydroxyl groups is 1. The smallest absolute Gasteiger partial charge is 0.258 e. The third-order valence-corrected chi connectivity index (χ3v) is 6.21. The number of hydrogen-bond donors (Lipinski definition) is 1. The van der Waals surface area contributed by atoms with Crippen molar-refractivity contribution in [1.82, 2.24) is 15.0 Å². The highest BCUT2D eigenvalue weighted by Crippen LogP contribution is 2.48. The highest BCUT2D eigenvalue weighted by molar-refractivity contribution is 5.82. The van der Waals surface area contributed by atoms with Gasteiger partial charge in [0.25, 0.3) is 5.89 Å². The van der Waals surface area contributed by atoms with Gasteiger partial charge in [0, 0.05) is 36.1 Å². The summed E-state index contributed by atoms with van der Waals surface area (Å²) >= 11 is 0. The largest absolute Gasteiger partial charge is 0.395 e. The fourth-order valence-corrected chi connectivity index (χ4v) is 4.82. The van der Waals surface area contributed by atoms with Crippen molar-refractivity contribution in [1.29, 1.82) is 5.26 Å². The number of β-amino-alcohol motifs (C(OH)–C–C–N with tert-alkyl or cyclic N) is 1. The van der Waals surface area contributed by atoms with E-state index >= 15 is 0 Å². The first-order chi connectivity index (χ1) is 14.6. The quantitative estimate of drug-likeness (QED) is 0.722. The minimum atomic E-state index is -0.203. The molecule has 1 aliphatic heterocycles. The predicted molar refractivity (Wildman–Crippen MR) is 108 cm³/mol. The zero-order chi connectivity index (χ0) is 20.7. The molecule has 3 aromatic rings. The maximum Gasteiger partial charge on any atom is 0.258 e. The van der Waals surface area contributed by atoms with E-state index in [0.29, 0.717) is 42.4 Å². The number of carbonyl (C=O) groups is 1. The van der Waals surface area contributed by atoms with Crippen molar-refractivity contribution in [2.75, 3.05) is 19.7 Å². The van der Waals surface area contributed by atoms with E-state index < -0.39 is 0 Å². The first-order valence-corrected chi connectivity index (χ1v) is 9.99. The number of aliphatic hydroxyl groups excluding tert-OH is 1. The summed E-state index contributed by atoms with van der Waals surface area (Å²) < 4.78 is 5.49. The summed E-state index contributed by atoms with van der Waals surface area (Å²) in [6.45, 7) is 1.00. The van der Waals surface area contributed by atoms with Gasteiger partial charge in [0.1, 0.15) is 0 Å². The molecule has 1 saturated heterocycles. The lowest BCUT2D eigenvalue weighted by Gasteiger charge is -2.24. The van der Waals surface area contributed by atoms with Gasteiger partial charge in [-0.1, -0.05) is 29.4 Å². The van der Waals surface area contributed by atoms with Crippen LogP contribution in [0.5, 0.6) is 0 Å². The van der Waals surface area contributed by atoms with Gasteiger partial charge in [0.2, 0.25) is 11.7 Å². The van der Waals surface area contributed by atoms with Gasteiger partial charge in [-0.2, -0.15) is 10.2 Å². The molecule has 2 heterocycles. The van der Waals surface area contributed by atoms with Crippen molar-refractivity contribution in [2.24, 2.45) is 0 Å². The zero-order valence-corrected chi connectivity index (χ0v) is 16.3. The van der Waals surface area contributed by atoms with Gasteiger partial charge in [0.05, 0.1) is 18.2 Å². The van der Waals surface area contributed by atoms with Crippen LogP contribution in [0, 0.1) is 11.3 Å². The van der Waals surface area contributed by atoms with Gasteiger partial charge in [0.15, 0.2) is 0 Å². The minimum Gasteiger partial charge on any atom is -0.395 e. The first kappa shape index (κ1) is 18.5. The number of aromatic nitrogens is 2. The molecular weight excluding hydrogens is 380 g/mol. The molecule has 30 heavy (non-hydrogen) atoms. The molecule has 1 aliphatic carbocycles. The number of nitriles is 1. The van der Waals surface area contributed by atoms with E-state index in [-0.39, 0.29) is 17.9 Å². The molecule has 5 rings (SSSR count). The predicted octanol–water partition coefficient (Wildman–Crippen LogP) is 2.68. The van der Waals surface area contributed by atoms with E-state index in [9.17, 15) is 9.90 Å². The maximum absolute atomic E-state index is 12.5. The molecule has 1 spiro atoms. The molecule has 0 unspecified atom stereocenters. The fraction of sp³-hybridized carbons (Fsp3) is 0.304. The lowest BCUT2D eigenvalue weighted by Crippen LogP contribution is -2.32. The molecule has 1 aromatic heterocycles. The lowest BCUT2D eigenvalue weighted by atomic mass is 9.80. The Morgan fingerprint density at radius 1 is 1.27 bits per heavy atom. The Hall–Kier alpha value is -3.50. The highest BCUT2D eigenvalue weighted by Gasteiger charge is 2.48. The van der Waals surface area contributed by atoms with Gasteiger partial charge < -0.3 is 14.5 Å². The zero-order valence-electron chi connectivity index (χ0n) is 16.3. The Bertz CT molecular complexity index is 1180. The van der Waals surface area contributed by atoms with Crippen molar-refractivity contribution in [3.8, 4) is 28.9 Å². The van der Waals surface area contributed by atoms with Gasteiger partial charge in [-0.05, 0) is 42.2 Å². The second-order valence-electron chi connectivity index (χ2n) is 7.94. The molecule has 0 saturated carbocycles. The molecule has 150 valence electrons. The van der Waals surface area contributed by atoms with Gasteiger partial charge in [-0.15, -0.1) is 0 Å². The van der Waals surface area contributed by atoms with Crippen LogP contribution in [0.1, 0.15) is 29.5 Å². The van der Waals surface area contributed by atoms with Gasteiger partial charge >= 0.3 is 0 Å². The summed E-state index contributed by atoms with van der Waals surface area (Å²) in [4.78, 5) is 18.8. The second-order valence-corrected chi connectivity index (χ2v) is 7.94. The summed E-state index contributed by atoms with van der Waals surface area (Å²) in [5, 5.41) is 22.6. The molecule has 2 aliphatic rings. The molecular formula is C23H20N4O3. The SMILES string of the molecule is N#Cc1cccc(-c2nc(-c3cccc4c3CC[C@]43CC(=O)N(CCO)C3)no2)c1. The van der Waals surface area contributed by atoms with Crippen molar-refractivity contribution in [3.63, 3.8) is 0 Å². The topological polar surface area (TPSA) is 103 Å². The molecule has 7 nitrogen and oxygen atoms in total. The molecule has 1 N–H and O–H groups in total. The highest BCUT2D eigenvalue weighted by atomic mass is 16.5.